The fourth-order valence-electron chi connectivity index (χ4n) is 4.65. The summed E-state index contributed by atoms with van der Waals surface area (Å²) in [5, 5.41) is 3.65. The quantitative estimate of drug-likeness (QED) is 0.460. The highest BCUT2D eigenvalue weighted by atomic mass is 79.9. The lowest BCUT2D eigenvalue weighted by Crippen LogP contribution is -2.38. The zero-order valence-electron chi connectivity index (χ0n) is 16.8. The molecule has 3 nitrogen and oxygen atoms in total. The number of carbonyl (C=O) groups is 1. The Hall–Kier alpha value is -2.72. The lowest BCUT2D eigenvalue weighted by atomic mass is 9.72. The van der Waals surface area contributed by atoms with Crippen LogP contribution in [-0.2, 0) is 4.79 Å². The molecular weight excluding hydrogens is 436 g/mol. The maximum Gasteiger partial charge on any atom is 0.144 e. The van der Waals surface area contributed by atoms with Crippen molar-refractivity contribution in [3.05, 3.63) is 94.0 Å². The summed E-state index contributed by atoms with van der Waals surface area (Å²) in [5.74, 6) is 0.174. The Morgan fingerprint density at radius 3 is 2.53 bits per heavy atom. The number of nitrogens with zero attached hydrogens (tertiary/aromatic N) is 1. The Balaban J connectivity index is 1.59. The number of carbonyl (C=O) groups excluding carboxylic acids is 1. The van der Waals surface area contributed by atoms with Gasteiger partial charge in [0.2, 0.25) is 0 Å². The van der Waals surface area contributed by atoms with Gasteiger partial charge < -0.3 is 5.32 Å². The van der Waals surface area contributed by atoms with Crippen molar-refractivity contribution in [2.24, 2.45) is 10.9 Å². The van der Waals surface area contributed by atoms with Crippen molar-refractivity contribution in [3.8, 4) is 0 Å². The van der Waals surface area contributed by atoms with E-state index in [1.807, 2.05) is 36.4 Å². The second-order valence-electron chi connectivity index (χ2n) is 8.26. The zero-order valence-corrected chi connectivity index (χ0v) is 18.4. The van der Waals surface area contributed by atoms with Gasteiger partial charge in [0.05, 0.1) is 23.3 Å². The molecule has 30 heavy (non-hydrogen) atoms. The zero-order chi connectivity index (χ0) is 20.7. The third kappa shape index (κ3) is 3.61. The van der Waals surface area contributed by atoms with Crippen LogP contribution in [-0.4, -0.2) is 11.5 Å². The Kier molecular flexibility index (Phi) is 5.03. The van der Waals surface area contributed by atoms with E-state index in [0.717, 1.165) is 33.5 Å². The monoisotopic (exact) mass is 458 g/mol. The molecule has 3 aromatic rings. The van der Waals surface area contributed by atoms with Gasteiger partial charge in [-0.15, -0.1) is 0 Å². The lowest BCUT2D eigenvalue weighted by Gasteiger charge is -2.34. The van der Waals surface area contributed by atoms with Gasteiger partial charge in [0.25, 0.3) is 0 Å². The first-order chi connectivity index (χ1) is 14.6. The standard InChI is InChI=1S/C26H23BrN2O/c1-16-9-11-17(12-10-16)26-25-23(28-21-7-2-3-8-22(21)29-26)14-19(15-24(25)30)18-5-4-6-20(27)13-18/h2-13,19,25-26,29H,14-15H2,1H3/t19-,25-,26-/m1/s1. The minimum atomic E-state index is -0.247. The molecule has 1 aliphatic carbocycles. The number of hydrogen-bond donors (Lipinski definition) is 1. The molecule has 0 spiro atoms. The van der Waals surface area contributed by atoms with Crippen LogP contribution in [0.25, 0.3) is 0 Å². The van der Waals surface area contributed by atoms with Gasteiger partial charge in [0, 0.05) is 16.6 Å². The van der Waals surface area contributed by atoms with E-state index in [-0.39, 0.29) is 23.7 Å². The Morgan fingerprint density at radius 2 is 1.73 bits per heavy atom. The minimum absolute atomic E-state index is 0.107. The number of hydrogen-bond acceptors (Lipinski definition) is 3. The molecule has 5 rings (SSSR count). The molecular formula is C26H23BrN2O. The van der Waals surface area contributed by atoms with E-state index in [4.69, 9.17) is 4.99 Å². The Bertz CT molecular complexity index is 1140. The summed E-state index contributed by atoms with van der Waals surface area (Å²) in [6.45, 7) is 2.08. The SMILES string of the molecule is Cc1ccc([C@H]2Nc3ccccc3N=C3C[C@@H](c4cccc(Br)c4)CC(=O)[C@@H]32)cc1. The van der Waals surface area contributed by atoms with Gasteiger partial charge in [0.1, 0.15) is 5.78 Å². The van der Waals surface area contributed by atoms with Crippen molar-refractivity contribution >= 4 is 38.8 Å². The van der Waals surface area contributed by atoms with E-state index in [9.17, 15) is 4.79 Å². The molecule has 1 heterocycles. The normalized spacial score (nSPS) is 22.9. The van der Waals surface area contributed by atoms with E-state index in [1.165, 1.54) is 11.1 Å². The Morgan fingerprint density at radius 1 is 0.933 bits per heavy atom. The highest BCUT2D eigenvalue weighted by Crippen LogP contribution is 2.44. The first-order valence-electron chi connectivity index (χ1n) is 10.4. The number of para-hydroxylation sites is 2. The fraction of sp³-hybridized carbons (Fsp3) is 0.231. The molecule has 0 bridgehead atoms. The van der Waals surface area contributed by atoms with Crippen molar-refractivity contribution in [1.82, 2.24) is 0 Å². The first-order valence-corrected chi connectivity index (χ1v) is 11.2. The van der Waals surface area contributed by atoms with Crippen LogP contribution in [0.2, 0.25) is 0 Å². The summed E-state index contributed by atoms with van der Waals surface area (Å²) in [6.07, 6.45) is 1.34. The topological polar surface area (TPSA) is 41.5 Å². The number of nitrogens with one attached hydrogen (secondary N) is 1. The average molecular weight is 459 g/mol. The molecule has 4 heteroatoms. The second kappa shape index (κ2) is 7.84. The van der Waals surface area contributed by atoms with E-state index in [0.29, 0.717) is 6.42 Å². The molecule has 0 radical (unpaired) electrons. The first kappa shape index (κ1) is 19.3. The molecule has 2 aliphatic rings. The number of rotatable bonds is 2. The molecule has 0 unspecified atom stereocenters. The molecule has 1 aliphatic heterocycles. The van der Waals surface area contributed by atoms with Crippen LogP contribution in [0.15, 0.2) is 82.3 Å². The van der Waals surface area contributed by atoms with Crippen LogP contribution < -0.4 is 5.32 Å². The summed E-state index contributed by atoms with van der Waals surface area (Å²) in [4.78, 5) is 18.5. The van der Waals surface area contributed by atoms with Crippen LogP contribution in [0.4, 0.5) is 11.4 Å². The van der Waals surface area contributed by atoms with Crippen LogP contribution in [0, 0.1) is 12.8 Å². The predicted molar refractivity (Wildman–Crippen MR) is 126 cm³/mol. The van der Waals surface area contributed by atoms with Crippen LogP contribution in [0.5, 0.6) is 0 Å². The van der Waals surface area contributed by atoms with Crippen LogP contribution >= 0.6 is 15.9 Å². The predicted octanol–water partition coefficient (Wildman–Crippen LogP) is 6.76. The van der Waals surface area contributed by atoms with Crippen molar-refractivity contribution in [1.29, 1.82) is 0 Å². The van der Waals surface area contributed by atoms with Crippen molar-refractivity contribution in [2.75, 3.05) is 5.32 Å². The third-order valence-electron chi connectivity index (χ3n) is 6.18. The summed E-state index contributed by atoms with van der Waals surface area (Å²) < 4.78 is 1.04. The number of fused-ring (bicyclic) bond motifs is 2. The number of benzene rings is 3. The number of halogens is 1. The maximum absolute atomic E-state index is 13.5. The largest absolute Gasteiger partial charge is 0.375 e. The number of anilines is 1. The summed E-state index contributed by atoms with van der Waals surface area (Å²) in [6, 6.07) is 24.8. The smallest absolute Gasteiger partial charge is 0.144 e. The van der Waals surface area contributed by atoms with E-state index in [1.54, 1.807) is 0 Å². The van der Waals surface area contributed by atoms with Gasteiger partial charge in [-0.05, 0) is 54.7 Å². The van der Waals surface area contributed by atoms with Gasteiger partial charge in [-0.2, -0.15) is 0 Å². The summed E-state index contributed by atoms with van der Waals surface area (Å²) in [5.41, 5.74) is 6.41. The number of aliphatic imine (C=N–C) groups is 1. The van der Waals surface area contributed by atoms with E-state index in [2.05, 4.69) is 64.6 Å². The summed E-state index contributed by atoms with van der Waals surface area (Å²) in [7, 11) is 0. The average Bonchev–Trinajstić information content (AvgIpc) is 2.91. The van der Waals surface area contributed by atoms with Gasteiger partial charge in [-0.25, -0.2) is 0 Å². The number of ketones is 1. The van der Waals surface area contributed by atoms with Gasteiger partial charge >= 0.3 is 0 Å². The number of aryl methyl sites for hydroxylation is 1. The van der Waals surface area contributed by atoms with Crippen LogP contribution in [0.3, 0.4) is 0 Å². The molecule has 150 valence electrons. The number of Topliss-reactive ketones (excluding diaryl/α,β-unsaturated/α-hetero) is 1. The highest BCUT2D eigenvalue weighted by molar-refractivity contribution is 9.10. The summed E-state index contributed by atoms with van der Waals surface area (Å²) >= 11 is 3.57. The molecule has 1 saturated carbocycles. The van der Waals surface area contributed by atoms with E-state index >= 15 is 0 Å². The highest BCUT2D eigenvalue weighted by Gasteiger charge is 2.41. The molecule has 1 fully saturated rings. The fourth-order valence-corrected chi connectivity index (χ4v) is 5.06. The van der Waals surface area contributed by atoms with Gasteiger partial charge in [0.15, 0.2) is 0 Å². The lowest BCUT2D eigenvalue weighted by molar-refractivity contribution is -0.122. The van der Waals surface area contributed by atoms with E-state index < -0.39 is 0 Å². The van der Waals surface area contributed by atoms with Crippen molar-refractivity contribution < 1.29 is 4.79 Å². The van der Waals surface area contributed by atoms with Crippen molar-refractivity contribution in [3.63, 3.8) is 0 Å². The molecule has 3 aromatic carbocycles. The third-order valence-corrected chi connectivity index (χ3v) is 6.67. The molecule has 3 atom stereocenters. The second-order valence-corrected chi connectivity index (χ2v) is 9.17. The van der Waals surface area contributed by atoms with Gasteiger partial charge in [-0.1, -0.05) is 70.0 Å². The van der Waals surface area contributed by atoms with Gasteiger partial charge in [-0.3, -0.25) is 9.79 Å². The maximum atomic E-state index is 13.5. The molecule has 0 amide bonds. The van der Waals surface area contributed by atoms with Crippen LogP contribution in [0.1, 0.15) is 41.5 Å². The molecule has 0 aromatic heterocycles. The molecule has 0 saturated heterocycles. The molecule has 1 N–H and O–H groups in total. The van der Waals surface area contributed by atoms with Crippen molar-refractivity contribution in [2.45, 2.75) is 31.7 Å². The Labute approximate surface area is 185 Å². The minimum Gasteiger partial charge on any atom is -0.375 e.